The molecule has 100 valence electrons. The molecule has 7 heteroatoms. The summed E-state index contributed by atoms with van der Waals surface area (Å²) in [5, 5.41) is 8.52. The zero-order valence-electron chi connectivity index (χ0n) is 9.98. The lowest BCUT2D eigenvalue weighted by Gasteiger charge is -2.10. The smallest absolute Gasteiger partial charge is 0.260 e. The quantitative estimate of drug-likeness (QED) is 0.909. The van der Waals surface area contributed by atoms with E-state index in [1.165, 1.54) is 17.6 Å². The molecule has 5 nitrogen and oxygen atoms in total. The highest BCUT2D eigenvalue weighted by atomic mass is 35.5. The van der Waals surface area contributed by atoms with E-state index in [0.29, 0.717) is 27.8 Å². The van der Waals surface area contributed by atoms with Crippen LogP contribution in [0.4, 0.5) is 5.69 Å². The minimum Gasteiger partial charge on any atom is -0.364 e. The molecule has 0 unspecified atom stereocenters. The number of amides is 1. The van der Waals surface area contributed by atoms with Crippen LogP contribution in [-0.2, 0) is 5.41 Å². The number of carbonyl (C=O) groups is 1. The van der Waals surface area contributed by atoms with Gasteiger partial charge in [0.15, 0.2) is 0 Å². The summed E-state index contributed by atoms with van der Waals surface area (Å²) in [5.74, 6) is -0.267. The van der Waals surface area contributed by atoms with Gasteiger partial charge in [-0.3, -0.25) is 4.79 Å². The van der Waals surface area contributed by atoms with Crippen LogP contribution >= 0.6 is 22.9 Å². The van der Waals surface area contributed by atoms with Crippen molar-refractivity contribution in [3.05, 3.63) is 33.3 Å². The summed E-state index contributed by atoms with van der Waals surface area (Å²) in [6.07, 6.45) is 3.24. The molecule has 3 N–H and O–H groups in total. The third-order valence-electron chi connectivity index (χ3n) is 3.43. The van der Waals surface area contributed by atoms with Crippen molar-refractivity contribution in [2.75, 3.05) is 11.9 Å². The molecule has 1 saturated carbocycles. The van der Waals surface area contributed by atoms with Gasteiger partial charge < -0.3 is 15.6 Å². The molecule has 19 heavy (non-hydrogen) atoms. The molecule has 0 atom stereocenters. The van der Waals surface area contributed by atoms with E-state index in [9.17, 15) is 4.79 Å². The van der Waals surface area contributed by atoms with Crippen LogP contribution in [0.15, 0.2) is 22.2 Å². The van der Waals surface area contributed by atoms with Gasteiger partial charge in [0.1, 0.15) is 21.9 Å². The molecular formula is C12H12ClN3O2S. The number of hydrogen-bond donors (Lipinski definition) is 2. The van der Waals surface area contributed by atoms with Gasteiger partial charge in [0, 0.05) is 12.0 Å². The number of nitrogens with one attached hydrogen (secondary N) is 1. The van der Waals surface area contributed by atoms with Crippen molar-refractivity contribution in [1.29, 1.82) is 0 Å². The molecule has 1 amide bonds. The second-order valence-corrected chi connectivity index (χ2v) is 6.14. The van der Waals surface area contributed by atoms with Gasteiger partial charge in [-0.15, -0.1) is 11.3 Å². The van der Waals surface area contributed by atoms with Gasteiger partial charge in [-0.05, 0) is 24.3 Å². The van der Waals surface area contributed by atoms with E-state index >= 15 is 0 Å². The fourth-order valence-corrected chi connectivity index (χ4v) is 2.87. The highest BCUT2D eigenvalue weighted by Crippen LogP contribution is 2.47. The Labute approximate surface area is 118 Å². The Morgan fingerprint density at radius 3 is 3.00 bits per heavy atom. The Morgan fingerprint density at radius 2 is 2.42 bits per heavy atom. The van der Waals surface area contributed by atoms with Crippen molar-refractivity contribution in [3.63, 3.8) is 0 Å². The SMILES string of the molecule is NCC1(c2nocc2C(=O)Nc2ccsc2Cl)CC1. The van der Waals surface area contributed by atoms with E-state index in [1.807, 2.05) is 5.38 Å². The van der Waals surface area contributed by atoms with Gasteiger partial charge in [0.2, 0.25) is 0 Å². The largest absolute Gasteiger partial charge is 0.364 e. The number of carbonyl (C=O) groups excluding carboxylic acids is 1. The number of rotatable bonds is 4. The van der Waals surface area contributed by atoms with Gasteiger partial charge in [0.05, 0.1) is 5.69 Å². The maximum Gasteiger partial charge on any atom is 0.260 e. The first-order chi connectivity index (χ1) is 9.16. The number of aromatic nitrogens is 1. The van der Waals surface area contributed by atoms with E-state index in [-0.39, 0.29) is 11.3 Å². The number of thiophene rings is 1. The third kappa shape index (κ3) is 2.16. The fourth-order valence-electron chi connectivity index (χ4n) is 2.04. The lowest BCUT2D eigenvalue weighted by Crippen LogP contribution is -2.24. The maximum absolute atomic E-state index is 12.2. The van der Waals surface area contributed by atoms with Crippen molar-refractivity contribution in [1.82, 2.24) is 5.16 Å². The molecular weight excluding hydrogens is 286 g/mol. The minimum absolute atomic E-state index is 0.182. The number of hydrogen-bond acceptors (Lipinski definition) is 5. The Balaban J connectivity index is 1.85. The summed E-state index contributed by atoms with van der Waals surface area (Å²) >= 11 is 7.32. The molecule has 2 heterocycles. The number of nitrogens with two attached hydrogens (primary N) is 1. The normalized spacial score (nSPS) is 16.3. The van der Waals surface area contributed by atoms with Crippen LogP contribution in [0.25, 0.3) is 0 Å². The molecule has 0 aromatic carbocycles. The van der Waals surface area contributed by atoms with Gasteiger partial charge in [0.25, 0.3) is 5.91 Å². The first kappa shape index (κ1) is 12.7. The number of nitrogens with zero attached hydrogens (tertiary/aromatic N) is 1. The van der Waals surface area contributed by atoms with Crippen LogP contribution in [0, 0.1) is 0 Å². The van der Waals surface area contributed by atoms with E-state index in [0.717, 1.165) is 12.8 Å². The van der Waals surface area contributed by atoms with Crippen LogP contribution in [0.3, 0.4) is 0 Å². The predicted molar refractivity (Wildman–Crippen MR) is 73.8 cm³/mol. The van der Waals surface area contributed by atoms with Gasteiger partial charge in [-0.1, -0.05) is 16.8 Å². The monoisotopic (exact) mass is 297 g/mol. The first-order valence-electron chi connectivity index (χ1n) is 5.85. The van der Waals surface area contributed by atoms with Crippen LogP contribution in [0.1, 0.15) is 28.9 Å². The zero-order chi connectivity index (χ0) is 13.5. The second-order valence-electron chi connectivity index (χ2n) is 4.62. The molecule has 0 spiro atoms. The lowest BCUT2D eigenvalue weighted by atomic mass is 9.99. The van der Waals surface area contributed by atoms with Crippen LogP contribution in [-0.4, -0.2) is 17.6 Å². The van der Waals surface area contributed by atoms with Crippen molar-refractivity contribution in [3.8, 4) is 0 Å². The van der Waals surface area contributed by atoms with E-state index in [1.54, 1.807) is 6.07 Å². The third-order valence-corrected chi connectivity index (χ3v) is 4.60. The van der Waals surface area contributed by atoms with Crippen molar-refractivity contribution in [2.45, 2.75) is 18.3 Å². The predicted octanol–water partition coefficient (Wildman–Crippen LogP) is 2.63. The average Bonchev–Trinajstić information content (AvgIpc) is 2.85. The van der Waals surface area contributed by atoms with E-state index in [2.05, 4.69) is 10.5 Å². The van der Waals surface area contributed by atoms with Crippen LogP contribution < -0.4 is 11.1 Å². The van der Waals surface area contributed by atoms with Crippen molar-refractivity contribution in [2.24, 2.45) is 5.73 Å². The summed E-state index contributed by atoms with van der Waals surface area (Å²) in [4.78, 5) is 12.2. The van der Waals surface area contributed by atoms with E-state index < -0.39 is 0 Å². The average molecular weight is 298 g/mol. The first-order valence-corrected chi connectivity index (χ1v) is 7.11. The molecule has 0 saturated heterocycles. The van der Waals surface area contributed by atoms with E-state index in [4.69, 9.17) is 21.9 Å². The molecule has 0 radical (unpaired) electrons. The molecule has 1 aliphatic carbocycles. The number of halogens is 1. The summed E-state index contributed by atoms with van der Waals surface area (Å²) in [5.41, 5.74) is 7.26. The van der Waals surface area contributed by atoms with Crippen molar-refractivity contribution < 1.29 is 9.32 Å². The Kier molecular flexibility index (Phi) is 3.08. The standard InChI is InChI=1S/C12H12ClN3O2S/c13-10-8(1-4-19-10)15-11(17)7-5-18-16-9(7)12(6-14)2-3-12/h1,4-5H,2-3,6,14H2,(H,15,17). The Morgan fingerprint density at radius 1 is 1.63 bits per heavy atom. The molecule has 1 fully saturated rings. The van der Waals surface area contributed by atoms with Crippen LogP contribution in [0.5, 0.6) is 0 Å². The van der Waals surface area contributed by atoms with Crippen molar-refractivity contribution >= 4 is 34.5 Å². The Bertz CT molecular complexity index is 618. The molecule has 2 aromatic rings. The summed E-state index contributed by atoms with van der Waals surface area (Å²) < 4.78 is 5.50. The number of anilines is 1. The summed E-state index contributed by atoms with van der Waals surface area (Å²) in [6.45, 7) is 0.471. The summed E-state index contributed by atoms with van der Waals surface area (Å²) in [7, 11) is 0. The minimum atomic E-state index is -0.267. The van der Waals surface area contributed by atoms with Gasteiger partial charge >= 0.3 is 0 Å². The maximum atomic E-state index is 12.2. The zero-order valence-corrected chi connectivity index (χ0v) is 11.6. The second kappa shape index (κ2) is 4.63. The van der Waals surface area contributed by atoms with Crippen LogP contribution in [0.2, 0.25) is 4.34 Å². The van der Waals surface area contributed by atoms with Gasteiger partial charge in [-0.2, -0.15) is 0 Å². The highest BCUT2D eigenvalue weighted by molar-refractivity contribution is 7.15. The molecule has 0 bridgehead atoms. The molecule has 2 aromatic heterocycles. The fraction of sp³-hybridized carbons (Fsp3) is 0.333. The molecule has 1 aliphatic rings. The summed E-state index contributed by atoms with van der Waals surface area (Å²) in [6, 6.07) is 1.76. The van der Waals surface area contributed by atoms with Gasteiger partial charge in [-0.25, -0.2) is 0 Å². The molecule has 3 rings (SSSR count). The highest BCUT2D eigenvalue weighted by Gasteiger charge is 2.47. The molecule has 0 aliphatic heterocycles. The Hall–Kier alpha value is -1.37. The lowest BCUT2D eigenvalue weighted by molar-refractivity contribution is 0.102. The topological polar surface area (TPSA) is 81.2 Å².